The van der Waals surface area contributed by atoms with Crippen LogP contribution < -0.4 is 10.1 Å². The number of carbonyl (C=O) groups is 1. The Balaban J connectivity index is 1.93. The first-order valence-electron chi connectivity index (χ1n) is 8.43. The van der Waals surface area contributed by atoms with Crippen molar-refractivity contribution in [3.63, 3.8) is 0 Å². The molecule has 0 bridgehead atoms. The molecule has 2 N–H and O–H groups in total. The Labute approximate surface area is 155 Å². The Kier molecular flexibility index (Phi) is 6.48. The number of imidazole rings is 1. The van der Waals surface area contributed by atoms with Gasteiger partial charge in [0.2, 0.25) is 5.60 Å². The van der Waals surface area contributed by atoms with Gasteiger partial charge in [0, 0.05) is 32.4 Å². The second-order valence-electron chi connectivity index (χ2n) is 6.07. The smallest absolute Gasteiger partial charge is 0.424 e. The van der Waals surface area contributed by atoms with Crippen LogP contribution in [-0.4, -0.2) is 39.9 Å². The molecule has 9 heteroatoms. The van der Waals surface area contributed by atoms with Crippen molar-refractivity contribution in [2.45, 2.75) is 31.5 Å². The number of hydrogen-bond acceptors (Lipinski definition) is 4. The van der Waals surface area contributed by atoms with Gasteiger partial charge < -0.3 is 19.7 Å². The highest BCUT2D eigenvalue weighted by molar-refractivity contribution is 5.77. The minimum Gasteiger partial charge on any atom is -0.483 e. The van der Waals surface area contributed by atoms with E-state index >= 15 is 0 Å². The Bertz CT molecular complexity index is 776. The van der Waals surface area contributed by atoms with Gasteiger partial charge in [-0.25, -0.2) is 4.98 Å². The lowest BCUT2D eigenvalue weighted by Crippen LogP contribution is -2.47. The predicted molar refractivity (Wildman–Crippen MR) is 92.1 cm³/mol. The number of aromatic nitrogens is 2. The molecule has 0 aliphatic rings. The van der Waals surface area contributed by atoms with Gasteiger partial charge in [0.1, 0.15) is 11.6 Å². The van der Waals surface area contributed by atoms with Gasteiger partial charge >= 0.3 is 6.18 Å². The molecular formula is C18H22F3N3O3. The summed E-state index contributed by atoms with van der Waals surface area (Å²) in [5.74, 6) is -0.558. The molecule has 0 saturated heterocycles. The van der Waals surface area contributed by atoms with E-state index in [2.05, 4.69) is 10.3 Å². The Morgan fingerprint density at radius 1 is 1.33 bits per heavy atom. The van der Waals surface area contributed by atoms with Gasteiger partial charge in [0.05, 0.1) is 0 Å². The van der Waals surface area contributed by atoms with Crippen LogP contribution in [0.15, 0.2) is 36.7 Å². The maximum absolute atomic E-state index is 13.4. The number of carbonyl (C=O) groups excluding carboxylic acids is 1. The van der Waals surface area contributed by atoms with E-state index in [4.69, 9.17) is 4.74 Å². The highest BCUT2D eigenvalue weighted by Gasteiger charge is 2.57. The zero-order chi connectivity index (χ0) is 20.1. The number of ether oxygens (including phenoxy) is 1. The number of halogens is 3. The summed E-state index contributed by atoms with van der Waals surface area (Å²) in [7, 11) is 1.36. The van der Waals surface area contributed by atoms with Gasteiger partial charge in [0.25, 0.3) is 5.91 Å². The normalized spacial score (nSPS) is 13.9. The number of para-hydroxylation sites is 1. The second kappa shape index (κ2) is 8.43. The molecule has 6 nitrogen and oxygen atoms in total. The maximum atomic E-state index is 13.4. The number of rotatable bonds is 8. The lowest BCUT2D eigenvalue weighted by atomic mass is 9.97. The minimum absolute atomic E-state index is 0.329. The number of aryl methyl sites for hydroxylation is 2. The lowest BCUT2D eigenvalue weighted by Gasteiger charge is -2.29. The van der Waals surface area contributed by atoms with Gasteiger partial charge in [-0.2, -0.15) is 13.2 Å². The first-order chi connectivity index (χ1) is 12.7. The average molecular weight is 385 g/mol. The van der Waals surface area contributed by atoms with Crippen molar-refractivity contribution < 1.29 is 27.8 Å². The Morgan fingerprint density at radius 3 is 2.63 bits per heavy atom. The fourth-order valence-electron chi connectivity index (χ4n) is 2.66. The van der Waals surface area contributed by atoms with Crippen molar-refractivity contribution in [3.05, 3.63) is 48.0 Å². The van der Waals surface area contributed by atoms with Crippen LogP contribution in [0.4, 0.5) is 13.2 Å². The molecule has 1 atom stereocenters. The lowest BCUT2D eigenvalue weighted by molar-refractivity contribution is -0.272. The van der Waals surface area contributed by atoms with Gasteiger partial charge in [-0.1, -0.05) is 25.1 Å². The molecule has 1 aromatic carbocycles. The van der Waals surface area contributed by atoms with Crippen molar-refractivity contribution >= 4 is 5.91 Å². The summed E-state index contributed by atoms with van der Waals surface area (Å²) in [6, 6.07) is 7.20. The average Bonchev–Trinajstić information content (AvgIpc) is 3.05. The van der Waals surface area contributed by atoms with E-state index in [1.165, 1.54) is 19.4 Å². The number of nitrogens with zero attached hydrogens (tertiary/aromatic N) is 2. The third kappa shape index (κ3) is 4.79. The zero-order valence-corrected chi connectivity index (χ0v) is 15.1. The Hall–Kier alpha value is -2.55. The van der Waals surface area contributed by atoms with Crippen LogP contribution in [0.5, 0.6) is 5.75 Å². The molecule has 0 fully saturated rings. The molecular weight excluding hydrogens is 363 g/mol. The van der Waals surface area contributed by atoms with Crippen LogP contribution in [0.3, 0.4) is 0 Å². The molecule has 1 unspecified atom stereocenters. The number of amides is 1. The molecule has 2 aromatic rings. The second-order valence-corrected chi connectivity index (χ2v) is 6.07. The molecule has 27 heavy (non-hydrogen) atoms. The van der Waals surface area contributed by atoms with E-state index in [1.807, 2.05) is 19.1 Å². The first-order valence-corrected chi connectivity index (χ1v) is 8.43. The summed E-state index contributed by atoms with van der Waals surface area (Å²) in [6.07, 6.45) is -2.50. The molecule has 1 heterocycles. The molecule has 0 saturated carbocycles. The largest absolute Gasteiger partial charge is 0.483 e. The van der Waals surface area contributed by atoms with E-state index in [0.29, 0.717) is 5.75 Å². The molecule has 1 aromatic heterocycles. The molecule has 0 spiro atoms. The van der Waals surface area contributed by atoms with E-state index in [9.17, 15) is 23.1 Å². The van der Waals surface area contributed by atoms with Crippen LogP contribution in [0.1, 0.15) is 24.7 Å². The molecule has 2 rings (SSSR count). The van der Waals surface area contributed by atoms with Gasteiger partial charge in [-0.3, -0.25) is 4.79 Å². The van der Waals surface area contributed by atoms with E-state index < -0.39 is 29.9 Å². The van der Waals surface area contributed by atoms with Crippen molar-refractivity contribution in [1.29, 1.82) is 0 Å². The predicted octanol–water partition coefficient (Wildman–Crippen LogP) is 2.32. The van der Waals surface area contributed by atoms with E-state index in [-0.39, 0.29) is 13.2 Å². The topological polar surface area (TPSA) is 76.4 Å². The van der Waals surface area contributed by atoms with Crippen LogP contribution in [0.25, 0.3) is 0 Å². The molecule has 148 valence electrons. The van der Waals surface area contributed by atoms with Crippen LogP contribution in [0, 0.1) is 0 Å². The monoisotopic (exact) mass is 385 g/mol. The number of aliphatic hydroxyl groups is 1. The highest BCUT2D eigenvalue weighted by atomic mass is 19.4. The summed E-state index contributed by atoms with van der Waals surface area (Å²) in [4.78, 5) is 15.5. The first kappa shape index (κ1) is 20.8. The fraction of sp³-hybridized carbons (Fsp3) is 0.444. The standard InChI is InChI=1S/C18H22F3N3O3/c1-3-13-6-4-5-7-14(13)27-12-15(25)22-9-8-17(26,18(19,20)21)16-23-10-11-24(16)2/h4-7,10-11,26H,3,8-9,12H2,1-2H3,(H,22,25). The van der Waals surface area contributed by atoms with Gasteiger partial charge in [-0.15, -0.1) is 0 Å². The summed E-state index contributed by atoms with van der Waals surface area (Å²) < 4.78 is 46.7. The summed E-state index contributed by atoms with van der Waals surface area (Å²) in [6.45, 7) is 1.22. The molecule has 0 aliphatic heterocycles. The quantitative estimate of drug-likeness (QED) is 0.731. The van der Waals surface area contributed by atoms with Crippen molar-refractivity contribution in [3.8, 4) is 5.75 Å². The number of hydrogen-bond donors (Lipinski definition) is 2. The van der Waals surface area contributed by atoms with Crippen molar-refractivity contribution in [2.24, 2.45) is 7.05 Å². The zero-order valence-electron chi connectivity index (χ0n) is 15.1. The SMILES string of the molecule is CCc1ccccc1OCC(=O)NCCC(O)(c1nccn1C)C(F)(F)F. The third-order valence-corrected chi connectivity index (χ3v) is 4.18. The van der Waals surface area contributed by atoms with Crippen LogP contribution >= 0.6 is 0 Å². The number of nitrogens with one attached hydrogen (secondary N) is 1. The minimum atomic E-state index is -4.94. The molecule has 1 amide bonds. The van der Waals surface area contributed by atoms with E-state index in [0.717, 1.165) is 16.6 Å². The highest BCUT2D eigenvalue weighted by Crippen LogP contribution is 2.40. The van der Waals surface area contributed by atoms with Gasteiger partial charge in [0.15, 0.2) is 6.61 Å². The van der Waals surface area contributed by atoms with Crippen molar-refractivity contribution in [1.82, 2.24) is 14.9 Å². The van der Waals surface area contributed by atoms with Gasteiger partial charge in [-0.05, 0) is 18.1 Å². The summed E-state index contributed by atoms with van der Waals surface area (Å²) in [5, 5.41) is 12.5. The van der Waals surface area contributed by atoms with E-state index in [1.54, 1.807) is 12.1 Å². The third-order valence-electron chi connectivity index (χ3n) is 4.18. The van der Waals surface area contributed by atoms with Crippen molar-refractivity contribution in [2.75, 3.05) is 13.2 Å². The fourth-order valence-corrected chi connectivity index (χ4v) is 2.66. The number of alkyl halides is 3. The molecule has 0 aliphatic carbocycles. The summed E-state index contributed by atoms with van der Waals surface area (Å²) >= 11 is 0. The summed E-state index contributed by atoms with van der Waals surface area (Å²) in [5.41, 5.74) is -2.24. The van der Waals surface area contributed by atoms with Crippen LogP contribution in [0.2, 0.25) is 0 Å². The Morgan fingerprint density at radius 2 is 2.04 bits per heavy atom. The van der Waals surface area contributed by atoms with Crippen LogP contribution in [-0.2, 0) is 23.9 Å². The maximum Gasteiger partial charge on any atom is 0.424 e. The molecule has 0 radical (unpaired) electrons. The number of benzene rings is 1.